The Labute approximate surface area is 179 Å². The highest BCUT2D eigenvalue weighted by Crippen LogP contribution is 2.29. The number of benzene rings is 2. The van der Waals surface area contributed by atoms with Gasteiger partial charge in [0, 0.05) is 0 Å². The molecule has 9 heteroatoms. The van der Waals surface area contributed by atoms with Gasteiger partial charge in [-0.25, -0.2) is 9.63 Å². The zero-order chi connectivity index (χ0) is 21.7. The molecule has 3 aromatic rings. The highest BCUT2D eigenvalue weighted by Gasteiger charge is 2.16. The molecule has 0 aliphatic carbocycles. The standard InChI is InChI=1S/C21H20N2O5S2/c1-14-6-7-15(2)20(11-14)30(25,26)23-22-13-16-8-9-17(18(12-16)27-3)28-21(24)19-5-4-10-29-19/h4-13,23H,1-3H3/b22-13+. The smallest absolute Gasteiger partial charge is 0.353 e. The molecule has 0 unspecified atom stereocenters. The van der Waals surface area contributed by atoms with Gasteiger partial charge in [0.15, 0.2) is 11.5 Å². The van der Waals surface area contributed by atoms with E-state index >= 15 is 0 Å². The van der Waals surface area contributed by atoms with Crippen LogP contribution in [-0.4, -0.2) is 27.7 Å². The molecule has 0 aliphatic rings. The van der Waals surface area contributed by atoms with Crippen LogP contribution in [-0.2, 0) is 10.0 Å². The van der Waals surface area contributed by atoms with E-state index in [0.717, 1.165) is 5.56 Å². The van der Waals surface area contributed by atoms with Crippen molar-refractivity contribution in [1.82, 2.24) is 4.83 Å². The van der Waals surface area contributed by atoms with Crippen molar-refractivity contribution in [2.45, 2.75) is 18.7 Å². The average molecular weight is 445 g/mol. The van der Waals surface area contributed by atoms with E-state index < -0.39 is 16.0 Å². The lowest BCUT2D eigenvalue weighted by Crippen LogP contribution is -2.19. The van der Waals surface area contributed by atoms with Crippen molar-refractivity contribution in [2.24, 2.45) is 5.10 Å². The Morgan fingerprint density at radius 3 is 2.60 bits per heavy atom. The average Bonchev–Trinajstić information content (AvgIpc) is 3.25. The maximum atomic E-state index is 12.5. The van der Waals surface area contributed by atoms with Crippen molar-refractivity contribution < 1.29 is 22.7 Å². The SMILES string of the molecule is COc1cc(/C=N/NS(=O)(=O)c2cc(C)ccc2C)ccc1OC(=O)c1cccs1. The van der Waals surface area contributed by atoms with Gasteiger partial charge < -0.3 is 9.47 Å². The first-order chi connectivity index (χ1) is 14.3. The molecule has 1 heterocycles. The van der Waals surface area contributed by atoms with Crippen LogP contribution >= 0.6 is 11.3 Å². The fourth-order valence-electron chi connectivity index (χ4n) is 2.61. The summed E-state index contributed by atoms with van der Waals surface area (Å²) in [7, 11) is -2.35. The summed E-state index contributed by atoms with van der Waals surface area (Å²) in [5, 5.41) is 5.63. The topological polar surface area (TPSA) is 94.1 Å². The van der Waals surface area contributed by atoms with E-state index in [1.807, 2.05) is 13.0 Å². The Hall–Kier alpha value is -3.17. The molecule has 0 saturated carbocycles. The maximum absolute atomic E-state index is 12.5. The number of hydrogen-bond donors (Lipinski definition) is 1. The number of carbonyl (C=O) groups excluding carboxylic acids is 1. The predicted octanol–water partition coefficient (Wildman–Crippen LogP) is 3.91. The largest absolute Gasteiger partial charge is 0.493 e. The van der Waals surface area contributed by atoms with Gasteiger partial charge in [-0.3, -0.25) is 0 Å². The maximum Gasteiger partial charge on any atom is 0.353 e. The number of sulfonamides is 1. The van der Waals surface area contributed by atoms with Gasteiger partial charge in [0.25, 0.3) is 10.0 Å². The third-order valence-corrected chi connectivity index (χ3v) is 6.35. The minimum Gasteiger partial charge on any atom is -0.493 e. The number of carbonyl (C=O) groups is 1. The molecule has 1 aromatic heterocycles. The lowest BCUT2D eigenvalue weighted by atomic mass is 10.2. The van der Waals surface area contributed by atoms with Gasteiger partial charge >= 0.3 is 5.97 Å². The number of hydrazone groups is 1. The third-order valence-electron chi connectivity index (χ3n) is 4.13. The van der Waals surface area contributed by atoms with Gasteiger partial charge in [0.05, 0.1) is 18.2 Å². The first-order valence-electron chi connectivity index (χ1n) is 8.86. The molecule has 0 fully saturated rings. The molecule has 1 N–H and O–H groups in total. The fourth-order valence-corrected chi connectivity index (χ4v) is 4.33. The van der Waals surface area contributed by atoms with Gasteiger partial charge in [-0.15, -0.1) is 11.3 Å². The van der Waals surface area contributed by atoms with E-state index in [1.165, 1.54) is 24.7 Å². The third kappa shape index (κ3) is 5.05. The molecule has 0 atom stereocenters. The second-order valence-corrected chi connectivity index (χ2v) is 8.98. The van der Waals surface area contributed by atoms with Gasteiger partial charge in [0.2, 0.25) is 0 Å². The van der Waals surface area contributed by atoms with Crippen LogP contribution in [0.5, 0.6) is 11.5 Å². The Morgan fingerprint density at radius 2 is 1.90 bits per heavy atom. The van der Waals surface area contributed by atoms with Crippen molar-refractivity contribution in [3.8, 4) is 11.5 Å². The van der Waals surface area contributed by atoms with E-state index in [9.17, 15) is 13.2 Å². The van der Waals surface area contributed by atoms with E-state index in [1.54, 1.807) is 54.8 Å². The molecular formula is C21H20N2O5S2. The summed E-state index contributed by atoms with van der Waals surface area (Å²) in [4.78, 5) is 15.0. The Kier molecular flexibility index (Phi) is 6.53. The van der Waals surface area contributed by atoms with Crippen LogP contribution in [0.2, 0.25) is 0 Å². The zero-order valence-electron chi connectivity index (χ0n) is 16.6. The number of nitrogens with one attached hydrogen (secondary N) is 1. The van der Waals surface area contributed by atoms with Crippen LogP contribution in [0.25, 0.3) is 0 Å². The zero-order valence-corrected chi connectivity index (χ0v) is 18.2. The van der Waals surface area contributed by atoms with Gasteiger partial charge in [-0.2, -0.15) is 13.5 Å². The first-order valence-corrected chi connectivity index (χ1v) is 11.2. The second-order valence-electron chi connectivity index (χ2n) is 6.40. The number of esters is 1. The van der Waals surface area contributed by atoms with Crippen LogP contribution < -0.4 is 14.3 Å². The number of rotatable bonds is 7. The molecule has 0 radical (unpaired) electrons. The Balaban J connectivity index is 1.74. The lowest BCUT2D eigenvalue weighted by Gasteiger charge is -2.09. The summed E-state index contributed by atoms with van der Waals surface area (Å²) in [6.07, 6.45) is 1.34. The van der Waals surface area contributed by atoms with Crippen molar-refractivity contribution in [3.05, 3.63) is 75.5 Å². The minimum absolute atomic E-state index is 0.174. The lowest BCUT2D eigenvalue weighted by molar-refractivity contribution is 0.0735. The summed E-state index contributed by atoms with van der Waals surface area (Å²) < 4.78 is 35.6. The van der Waals surface area contributed by atoms with Gasteiger partial charge in [0.1, 0.15) is 4.88 Å². The normalized spacial score (nSPS) is 11.4. The summed E-state index contributed by atoms with van der Waals surface area (Å²) in [5.41, 5.74) is 2.02. The van der Waals surface area contributed by atoms with Crippen LogP contribution in [0.4, 0.5) is 0 Å². The van der Waals surface area contributed by atoms with E-state index in [4.69, 9.17) is 9.47 Å². The number of hydrogen-bond acceptors (Lipinski definition) is 7. The number of thiophene rings is 1. The Morgan fingerprint density at radius 1 is 1.10 bits per heavy atom. The highest BCUT2D eigenvalue weighted by atomic mass is 32.2. The monoisotopic (exact) mass is 444 g/mol. The first kappa shape index (κ1) is 21.5. The predicted molar refractivity (Wildman–Crippen MR) is 116 cm³/mol. The van der Waals surface area contributed by atoms with Gasteiger partial charge in [-0.05, 0) is 66.2 Å². The fraction of sp³-hybridized carbons (Fsp3) is 0.143. The number of ether oxygens (including phenoxy) is 2. The second kappa shape index (κ2) is 9.10. The van der Waals surface area contributed by atoms with Crippen molar-refractivity contribution in [1.29, 1.82) is 0 Å². The summed E-state index contributed by atoms with van der Waals surface area (Å²) >= 11 is 1.28. The minimum atomic E-state index is -3.80. The van der Waals surface area contributed by atoms with E-state index in [0.29, 0.717) is 21.8 Å². The van der Waals surface area contributed by atoms with E-state index in [-0.39, 0.29) is 10.6 Å². The van der Waals surface area contributed by atoms with Gasteiger partial charge in [-0.1, -0.05) is 18.2 Å². The summed E-state index contributed by atoms with van der Waals surface area (Å²) in [6, 6.07) is 13.4. The molecular weight excluding hydrogens is 424 g/mol. The van der Waals surface area contributed by atoms with E-state index in [2.05, 4.69) is 9.93 Å². The molecule has 156 valence electrons. The summed E-state index contributed by atoms with van der Waals surface area (Å²) in [6.45, 7) is 3.54. The molecule has 3 rings (SSSR count). The van der Waals surface area contributed by atoms with Crippen molar-refractivity contribution >= 4 is 33.5 Å². The number of nitrogens with zero attached hydrogens (tertiary/aromatic N) is 1. The molecule has 7 nitrogen and oxygen atoms in total. The quantitative estimate of drug-likeness (QED) is 0.258. The van der Waals surface area contributed by atoms with Crippen molar-refractivity contribution in [3.63, 3.8) is 0 Å². The molecule has 0 spiro atoms. The summed E-state index contributed by atoms with van der Waals surface area (Å²) in [5.74, 6) is 0.0938. The van der Waals surface area contributed by atoms with Crippen LogP contribution in [0, 0.1) is 13.8 Å². The molecule has 0 saturated heterocycles. The van der Waals surface area contributed by atoms with Crippen molar-refractivity contribution in [2.75, 3.05) is 7.11 Å². The van der Waals surface area contributed by atoms with Crippen LogP contribution in [0.15, 0.2) is 63.9 Å². The molecule has 0 aliphatic heterocycles. The highest BCUT2D eigenvalue weighted by molar-refractivity contribution is 7.89. The molecule has 30 heavy (non-hydrogen) atoms. The Bertz CT molecular complexity index is 1190. The molecule has 0 bridgehead atoms. The number of methoxy groups -OCH3 is 1. The van der Waals surface area contributed by atoms with Crippen LogP contribution in [0.3, 0.4) is 0 Å². The molecule has 0 amide bonds. The van der Waals surface area contributed by atoms with Crippen LogP contribution in [0.1, 0.15) is 26.4 Å². The molecule has 2 aromatic carbocycles. The number of aryl methyl sites for hydroxylation is 2.